The first-order chi connectivity index (χ1) is 8.65. The van der Waals surface area contributed by atoms with Gasteiger partial charge in [-0.05, 0) is 26.8 Å². The third-order valence-corrected chi connectivity index (χ3v) is 1.53. The smallest absolute Gasteiger partial charge is 0.293 e. The number of nitrogen functional groups attached to an aromatic ring is 1. The highest BCUT2D eigenvalue weighted by Gasteiger charge is 1.95. The number of nitrogens with zero attached hydrogens (tertiary/aromatic N) is 2. The number of allylic oxidation sites excluding steroid dienone is 1. The number of hydrogen-bond donors (Lipinski definition) is 1. The molecular formula is C13H23N3O2. The maximum absolute atomic E-state index is 9.18. The lowest BCUT2D eigenvalue weighted by Gasteiger charge is -1.98. The van der Waals surface area contributed by atoms with E-state index in [4.69, 9.17) is 5.73 Å². The van der Waals surface area contributed by atoms with E-state index >= 15 is 0 Å². The minimum absolute atomic E-state index is 0.431. The van der Waals surface area contributed by atoms with E-state index in [-0.39, 0.29) is 0 Å². The van der Waals surface area contributed by atoms with Crippen molar-refractivity contribution in [2.24, 2.45) is 0 Å². The molecule has 0 aromatic carbocycles. The lowest BCUT2D eigenvalue weighted by Crippen LogP contribution is -1.96. The van der Waals surface area contributed by atoms with Crippen LogP contribution in [0.25, 0.3) is 6.08 Å². The molecule has 5 nitrogen and oxygen atoms in total. The molecule has 1 rings (SSSR count). The standard InChI is InChI=1S/C8H11N3.C3H6O2.C2H6/c1-3-4-8-7(9)5-10-6(2)11-8;1-2-5-3-4;1-2/h3-5H,9H2,1-2H3;3H,2H2,1H3;1-2H3/b4-3+;;. The van der Waals surface area contributed by atoms with Crippen molar-refractivity contribution in [3.63, 3.8) is 0 Å². The van der Waals surface area contributed by atoms with Crippen LogP contribution in [0, 0.1) is 6.92 Å². The Morgan fingerprint density at radius 3 is 2.44 bits per heavy atom. The second kappa shape index (κ2) is 13.2. The summed E-state index contributed by atoms with van der Waals surface area (Å²) in [4.78, 5) is 17.3. The second-order valence-corrected chi connectivity index (χ2v) is 2.81. The molecule has 2 N–H and O–H groups in total. The van der Waals surface area contributed by atoms with Gasteiger partial charge in [0.15, 0.2) is 0 Å². The van der Waals surface area contributed by atoms with Crippen molar-refractivity contribution >= 4 is 18.2 Å². The zero-order valence-corrected chi connectivity index (χ0v) is 11.8. The van der Waals surface area contributed by atoms with Crippen molar-refractivity contribution < 1.29 is 9.53 Å². The molecule has 1 aromatic heterocycles. The molecule has 102 valence electrons. The van der Waals surface area contributed by atoms with Crippen molar-refractivity contribution in [1.82, 2.24) is 9.97 Å². The molecule has 5 heteroatoms. The maximum atomic E-state index is 9.18. The van der Waals surface area contributed by atoms with Crippen LogP contribution in [0.2, 0.25) is 0 Å². The quantitative estimate of drug-likeness (QED) is 0.838. The molecule has 0 aliphatic carbocycles. The average Bonchev–Trinajstić information content (AvgIpc) is 2.38. The topological polar surface area (TPSA) is 78.1 Å². The molecule has 0 spiro atoms. The van der Waals surface area contributed by atoms with E-state index in [0.717, 1.165) is 11.5 Å². The van der Waals surface area contributed by atoms with E-state index < -0.39 is 0 Å². The summed E-state index contributed by atoms with van der Waals surface area (Å²) in [5.74, 6) is 0.743. The first-order valence-electron chi connectivity index (χ1n) is 5.92. The number of carbonyl (C=O) groups excluding carboxylic acids is 1. The predicted molar refractivity (Wildman–Crippen MR) is 74.9 cm³/mol. The van der Waals surface area contributed by atoms with Crippen LogP contribution in [0.4, 0.5) is 5.69 Å². The molecule has 0 bridgehead atoms. The summed E-state index contributed by atoms with van der Waals surface area (Å²) in [6.45, 7) is 10.4. The van der Waals surface area contributed by atoms with Gasteiger partial charge in [0.05, 0.1) is 24.2 Å². The van der Waals surface area contributed by atoms with Crippen LogP contribution >= 0.6 is 0 Å². The molecule has 0 amide bonds. The summed E-state index contributed by atoms with van der Waals surface area (Å²) in [5.41, 5.74) is 7.01. The van der Waals surface area contributed by atoms with Gasteiger partial charge >= 0.3 is 0 Å². The van der Waals surface area contributed by atoms with E-state index in [2.05, 4.69) is 14.7 Å². The predicted octanol–water partition coefficient (Wildman–Crippen LogP) is 2.61. The third-order valence-electron chi connectivity index (χ3n) is 1.53. The van der Waals surface area contributed by atoms with E-state index in [0.29, 0.717) is 18.8 Å². The SMILES string of the molecule is C/C=C/c1nc(C)ncc1N.CC.CCOC=O. The maximum Gasteiger partial charge on any atom is 0.293 e. The highest BCUT2D eigenvalue weighted by Crippen LogP contribution is 2.08. The van der Waals surface area contributed by atoms with Gasteiger partial charge in [0.1, 0.15) is 5.82 Å². The van der Waals surface area contributed by atoms with Crippen LogP contribution in [0.5, 0.6) is 0 Å². The monoisotopic (exact) mass is 253 g/mol. The third kappa shape index (κ3) is 9.33. The van der Waals surface area contributed by atoms with Gasteiger partial charge in [-0.3, -0.25) is 4.79 Å². The fraction of sp³-hybridized carbons (Fsp3) is 0.462. The number of ether oxygens (including phenoxy) is 1. The fourth-order valence-electron chi connectivity index (χ4n) is 0.856. The van der Waals surface area contributed by atoms with Gasteiger partial charge in [-0.25, -0.2) is 9.97 Å². The van der Waals surface area contributed by atoms with Crippen LogP contribution in [0.3, 0.4) is 0 Å². The molecule has 0 aliphatic rings. The number of aromatic nitrogens is 2. The van der Waals surface area contributed by atoms with Crippen LogP contribution in [-0.2, 0) is 9.53 Å². The molecule has 0 radical (unpaired) electrons. The van der Waals surface area contributed by atoms with Crippen molar-refractivity contribution in [2.45, 2.75) is 34.6 Å². The molecule has 0 aliphatic heterocycles. The zero-order chi connectivity index (χ0) is 14.4. The Kier molecular flexibility index (Phi) is 13.5. The highest BCUT2D eigenvalue weighted by molar-refractivity contribution is 5.59. The van der Waals surface area contributed by atoms with Gasteiger partial charge in [0.25, 0.3) is 6.47 Å². The molecule has 1 heterocycles. The minimum atomic E-state index is 0.431. The lowest BCUT2D eigenvalue weighted by molar-refractivity contribution is -0.128. The van der Waals surface area contributed by atoms with Gasteiger partial charge < -0.3 is 10.5 Å². The first-order valence-corrected chi connectivity index (χ1v) is 5.92. The summed E-state index contributed by atoms with van der Waals surface area (Å²) >= 11 is 0. The molecule has 0 saturated carbocycles. The minimum Gasteiger partial charge on any atom is -0.468 e. The normalized spacial score (nSPS) is 8.72. The van der Waals surface area contributed by atoms with Gasteiger partial charge in [-0.15, -0.1) is 0 Å². The molecule has 18 heavy (non-hydrogen) atoms. The lowest BCUT2D eigenvalue weighted by atomic mass is 10.3. The molecule has 0 unspecified atom stereocenters. The van der Waals surface area contributed by atoms with Gasteiger partial charge in [-0.2, -0.15) is 0 Å². The fourth-order valence-corrected chi connectivity index (χ4v) is 0.856. The van der Waals surface area contributed by atoms with E-state index in [9.17, 15) is 4.79 Å². The zero-order valence-electron chi connectivity index (χ0n) is 11.8. The van der Waals surface area contributed by atoms with Crippen molar-refractivity contribution in [1.29, 1.82) is 0 Å². The van der Waals surface area contributed by atoms with E-state index in [1.165, 1.54) is 0 Å². The van der Waals surface area contributed by atoms with Crippen molar-refractivity contribution in [3.05, 3.63) is 23.8 Å². The molecule has 0 atom stereocenters. The number of nitrogens with two attached hydrogens (primary N) is 1. The van der Waals surface area contributed by atoms with Crippen LogP contribution in [0.15, 0.2) is 12.3 Å². The largest absolute Gasteiger partial charge is 0.468 e. The number of carbonyl (C=O) groups is 1. The van der Waals surface area contributed by atoms with Gasteiger partial charge in [0, 0.05) is 0 Å². The number of anilines is 1. The Morgan fingerprint density at radius 1 is 1.44 bits per heavy atom. The Labute approximate surface area is 109 Å². The number of aryl methyl sites for hydroxylation is 1. The summed E-state index contributed by atoms with van der Waals surface area (Å²) in [6, 6.07) is 0. The summed E-state index contributed by atoms with van der Waals surface area (Å²) in [5, 5.41) is 0. The van der Waals surface area contributed by atoms with Crippen molar-refractivity contribution in [3.8, 4) is 0 Å². The Balaban J connectivity index is 0. The van der Waals surface area contributed by atoms with Crippen molar-refractivity contribution in [2.75, 3.05) is 12.3 Å². The summed E-state index contributed by atoms with van der Waals surface area (Å²) < 4.78 is 4.15. The summed E-state index contributed by atoms with van der Waals surface area (Å²) in [7, 11) is 0. The summed E-state index contributed by atoms with van der Waals surface area (Å²) in [6.07, 6.45) is 5.39. The van der Waals surface area contributed by atoms with Crippen LogP contribution in [-0.4, -0.2) is 23.0 Å². The van der Waals surface area contributed by atoms with Crippen LogP contribution in [0.1, 0.15) is 39.2 Å². The molecule has 0 fully saturated rings. The second-order valence-electron chi connectivity index (χ2n) is 2.81. The molecule has 0 saturated heterocycles. The molecule has 1 aromatic rings. The van der Waals surface area contributed by atoms with Gasteiger partial charge in [-0.1, -0.05) is 19.9 Å². The Morgan fingerprint density at radius 2 is 2.06 bits per heavy atom. The number of hydrogen-bond acceptors (Lipinski definition) is 5. The molecular weight excluding hydrogens is 230 g/mol. The van der Waals surface area contributed by atoms with E-state index in [1.807, 2.05) is 39.8 Å². The first kappa shape index (κ1) is 18.5. The highest BCUT2D eigenvalue weighted by atomic mass is 16.5. The number of rotatable bonds is 3. The Hall–Kier alpha value is -1.91. The van der Waals surface area contributed by atoms with Crippen LogP contribution < -0.4 is 5.73 Å². The van der Waals surface area contributed by atoms with Gasteiger partial charge in [0.2, 0.25) is 0 Å². The average molecular weight is 253 g/mol. The Bertz CT molecular complexity index is 352. The van der Waals surface area contributed by atoms with E-state index in [1.54, 1.807) is 13.1 Å².